The Labute approximate surface area is 113 Å². The molecule has 0 aliphatic heterocycles. The lowest BCUT2D eigenvalue weighted by Gasteiger charge is -2.03. The number of nitrogens with one attached hydrogen (secondary N) is 2. The molecule has 0 aliphatic rings. The van der Waals surface area contributed by atoms with Gasteiger partial charge in [0.15, 0.2) is 0 Å². The Kier molecular flexibility index (Phi) is 5.03. The first-order valence-corrected chi connectivity index (χ1v) is 5.45. The third-order valence-electron chi connectivity index (χ3n) is 1.96. The number of imide groups is 1. The number of amides is 2. The summed E-state index contributed by atoms with van der Waals surface area (Å²) in [4.78, 5) is 22.1. The maximum Gasteiger partial charge on any atom is 0.269 e. The van der Waals surface area contributed by atoms with E-state index in [9.17, 15) is 14.0 Å². The van der Waals surface area contributed by atoms with E-state index >= 15 is 0 Å². The minimum atomic E-state index is -0.823. The lowest BCUT2D eigenvalue weighted by atomic mass is 10.2. The molecule has 0 unspecified atom stereocenters. The first-order chi connectivity index (χ1) is 8.93. The first kappa shape index (κ1) is 14.7. The average molecular weight is 282 g/mol. The van der Waals surface area contributed by atoms with Crippen LogP contribution >= 0.6 is 11.6 Å². The van der Waals surface area contributed by atoms with Gasteiger partial charge >= 0.3 is 0 Å². The van der Waals surface area contributed by atoms with E-state index in [1.54, 1.807) is 6.07 Å². The number of rotatable bonds is 3. The highest BCUT2D eigenvalue weighted by molar-refractivity contribution is 6.31. The van der Waals surface area contributed by atoms with E-state index in [0.717, 1.165) is 19.2 Å². The van der Waals surface area contributed by atoms with Crippen LogP contribution in [0, 0.1) is 17.1 Å². The smallest absolute Gasteiger partial charge is 0.269 e. The van der Waals surface area contributed by atoms with E-state index in [1.807, 2.05) is 5.32 Å². The van der Waals surface area contributed by atoms with Crippen molar-refractivity contribution in [3.05, 3.63) is 40.8 Å². The summed E-state index contributed by atoms with van der Waals surface area (Å²) in [6.45, 7) is 1.15. The van der Waals surface area contributed by atoms with Gasteiger partial charge in [0.25, 0.3) is 5.91 Å². The topological polar surface area (TPSA) is 82.0 Å². The number of benzene rings is 1. The van der Waals surface area contributed by atoms with Gasteiger partial charge in [0.05, 0.1) is 5.02 Å². The average Bonchev–Trinajstić information content (AvgIpc) is 2.33. The number of hydrogen-bond donors (Lipinski definition) is 2. The molecule has 0 bridgehead atoms. The van der Waals surface area contributed by atoms with Crippen LogP contribution in [0.15, 0.2) is 30.0 Å². The molecule has 0 heterocycles. The standard InChI is InChI=1S/C12H9ClFN3O2/c1-7(18)17-12(19)8(5-15)6-16-9-2-3-11(14)10(13)4-9/h2-4,6,16H,1H3,(H,17,18,19). The summed E-state index contributed by atoms with van der Waals surface area (Å²) in [5, 5.41) is 13.2. The second-order valence-electron chi connectivity index (χ2n) is 3.45. The molecule has 0 radical (unpaired) electrons. The van der Waals surface area contributed by atoms with Crippen molar-refractivity contribution >= 4 is 29.1 Å². The summed E-state index contributed by atoms with van der Waals surface area (Å²) < 4.78 is 12.9. The molecule has 0 atom stereocenters. The highest BCUT2D eigenvalue weighted by atomic mass is 35.5. The van der Waals surface area contributed by atoms with E-state index in [2.05, 4.69) is 5.32 Å². The van der Waals surface area contributed by atoms with E-state index in [4.69, 9.17) is 16.9 Å². The van der Waals surface area contributed by atoms with Crippen molar-refractivity contribution in [2.75, 3.05) is 5.32 Å². The summed E-state index contributed by atoms with van der Waals surface area (Å²) >= 11 is 5.57. The van der Waals surface area contributed by atoms with Crippen LogP contribution in [0.2, 0.25) is 5.02 Å². The molecule has 1 aromatic rings. The normalized spacial score (nSPS) is 10.5. The van der Waals surface area contributed by atoms with Crippen LogP contribution in [0.3, 0.4) is 0 Å². The number of hydrogen-bond acceptors (Lipinski definition) is 4. The molecule has 0 saturated heterocycles. The van der Waals surface area contributed by atoms with Crippen LogP contribution in [0.4, 0.5) is 10.1 Å². The Hall–Kier alpha value is -2.39. The molecule has 2 amide bonds. The zero-order chi connectivity index (χ0) is 14.4. The molecule has 1 aromatic carbocycles. The van der Waals surface area contributed by atoms with Crippen LogP contribution in [0.25, 0.3) is 0 Å². The highest BCUT2D eigenvalue weighted by Gasteiger charge is 2.10. The van der Waals surface area contributed by atoms with Gasteiger partial charge in [0.1, 0.15) is 17.5 Å². The number of nitrogens with zero attached hydrogens (tertiary/aromatic N) is 1. The van der Waals surface area contributed by atoms with Gasteiger partial charge < -0.3 is 5.32 Å². The molecular weight excluding hydrogens is 273 g/mol. The summed E-state index contributed by atoms with van der Waals surface area (Å²) in [6.07, 6.45) is 1.10. The molecule has 5 nitrogen and oxygen atoms in total. The molecule has 0 saturated carbocycles. The molecule has 7 heteroatoms. The summed E-state index contributed by atoms with van der Waals surface area (Å²) in [6, 6.07) is 5.45. The number of halogens is 2. The van der Waals surface area contributed by atoms with Crippen molar-refractivity contribution in [3.8, 4) is 6.07 Å². The van der Waals surface area contributed by atoms with Crippen LogP contribution in [0.1, 0.15) is 6.92 Å². The lowest BCUT2D eigenvalue weighted by Crippen LogP contribution is -2.29. The van der Waals surface area contributed by atoms with E-state index < -0.39 is 17.6 Å². The van der Waals surface area contributed by atoms with Gasteiger partial charge in [-0.15, -0.1) is 0 Å². The molecule has 0 fully saturated rings. The van der Waals surface area contributed by atoms with Gasteiger partial charge in [-0.3, -0.25) is 14.9 Å². The molecule has 0 spiro atoms. The quantitative estimate of drug-likeness (QED) is 0.655. The largest absolute Gasteiger partial charge is 0.360 e. The van der Waals surface area contributed by atoms with Crippen LogP contribution in [-0.2, 0) is 9.59 Å². The first-order valence-electron chi connectivity index (χ1n) is 5.08. The van der Waals surface area contributed by atoms with E-state index in [0.29, 0.717) is 5.69 Å². The molecule has 19 heavy (non-hydrogen) atoms. The minimum absolute atomic E-state index is 0.0925. The number of carbonyl (C=O) groups excluding carboxylic acids is 2. The Bertz CT molecular complexity index is 593. The fraction of sp³-hybridized carbons (Fsp3) is 0.0833. The molecule has 0 aromatic heterocycles. The molecule has 0 aliphatic carbocycles. The van der Waals surface area contributed by atoms with Crippen LogP contribution in [-0.4, -0.2) is 11.8 Å². The third-order valence-corrected chi connectivity index (χ3v) is 2.25. The zero-order valence-corrected chi connectivity index (χ0v) is 10.6. The maximum atomic E-state index is 12.9. The van der Waals surface area contributed by atoms with Gasteiger partial charge in [-0.25, -0.2) is 4.39 Å². The number of nitriles is 1. The van der Waals surface area contributed by atoms with E-state index in [-0.39, 0.29) is 10.6 Å². The minimum Gasteiger partial charge on any atom is -0.360 e. The van der Waals surface area contributed by atoms with Crippen molar-refractivity contribution in [1.29, 1.82) is 5.26 Å². The van der Waals surface area contributed by atoms with Gasteiger partial charge in [0, 0.05) is 18.8 Å². The Morgan fingerprint density at radius 2 is 2.16 bits per heavy atom. The molecule has 98 valence electrons. The molecular formula is C12H9ClFN3O2. The van der Waals surface area contributed by atoms with Crippen molar-refractivity contribution in [2.24, 2.45) is 0 Å². The Morgan fingerprint density at radius 1 is 1.47 bits per heavy atom. The van der Waals surface area contributed by atoms with Gasteiger partial charge in [0.2, 0.25) is 5.91 Å². The van der Waals surface area contributed by atoms with Gasteiger partial charge in [-0.05, 0) is 18.2 Å². The van der Waals surface area contributed by atoms with E-state index in [1.165, 1.54) is 12.1 Å². The van der Waals surface area contributed by atoms with Crippen molar-refractivity contribution in [3.63, 3.8) is 0 Å². The second-order valence-corrected chi connectivity index (χ2v) is 3.86. The van der Waals surface area contributed by atoms with Crippen molar-refractivity contribution in [1.82, 2.24) is 5.32 Å². The predicted molar refractivity (Wildman–Crippen MR) is 67.6 cm³/mol. The lowest BCUT2D eigenvalue weighted by molar-refractivity contribution is -0.126. The Balaban J connectivity index is 2.83. The van der Waals surface area contributed by atoms with Crippen molar-refractivity contribution < 1.29 is 14.0 Å². The fourth-order valence-electron chi connectivity index (χ4n) is 1.12. The molecule has 1 rings (SSSR count). The van der Waals surface area contributed by atoms with Gasteiger partial charge in [-0.2, -0.15) is 5.26 Å². The number of anilines is 1. The Morgan fingerprint density at radius 3 is 2.68 bits per heavy atom. The third kappa shape index (κ3) is 4.41. The highest BCUT2D eigenvalue weighted by Crippen LogP contribution is 2.19. The zero-order valence-electron chi connectivity index (χ0n) is 9.83. The monoisotopic (exact) mass is 281 g/mol. The van der Waals surface area contributed by atoms with Gasteiger partial charge in [-0.1, -0.05) is 11.6 Å². The number of carbonyl (C=O) groups is 2. The summed E-state index contributed by atoms with van der Waals surface area (Å²) in [7, 11) is 0. The molecule has 2 N–H and O–H groups in total. The summed E-state index contributed by atoms with van der Waals surface area (Å²) in [5.41, 5.74) is 0.102. The maximum absolute atomic E-state index is 12.9. The predicted octanol–water partition coefficient (Wildman–Crippen LogP) is 1.96. The second kappa shape index (κ2) is 6.52. The fourth-order valence-corrected chi connectivity index (χ4v) is 1.30. The van der Waals surface area contributed by atoms with Crippen molar-refractivity contribution in [2.45, 2.75) is 6.92 Å². The van der Waals surface area contributed by atoms with Crippen LogP contribution < -0.4 is 10.6 Å². The SMILES string of the molecule is CC(=O)NC(=O)C(C#N)=CNc1ccc(F)c(Cl)c1. The van der Waals surface area contributed by atoms with Crippen LogP contribution in [0.5, 0.6) is 0 Å². The summed E-state index contributed by atoms with van der Waals surface area (Å²) in [5.74, 6) is -1.97.